The Kier molecular flexibility index (Phi) is 8.62. The number of nitrogens with one attached hydrogen (secondary N) is 3. The molecule has 1 aromatic carbocycles. The Morgan fingerprint density at radius 1 is 1.15 bits per heavy atom. The van der Waals surface area contributed by atoms with E-state index in [0.717, 1.165) is 17.9 Å². The van der Waals surface area contributed by atoms with Gasteiger partial charge in [-0.15, -0.1) is 0 Å². The van der Waals surface area contributed by atoms with Gasteiger partial charge >= 0.3 is 0 Å². The molecule has 0 unspecified atom stereocenters. The predicted molar refractivity (Wildman–Crippen MR) is 108 cm³/mol. The molecule has 0 aliphatic rings. The van der Waals surface area contributed by atoms with Gasteiger partial charge in [-0.3, -0.25) is 9.79 Å². The van der Waals surface area contributed by atoms with Crippen LogP contribution in [0.25, 0.3) is 0 Å². The smallest absolute Gasteiger partial charge is 0.227 e. The van der Waals surface area contributed by atoms with Crippen molar-refractivity contribution in [1.82, 2.24) is 15.6 Å². The molecule has 1 aromatic heterocycles. The van der Waals surface area contributed by atoms with E-state index in [0.29, 0.717) is 31.5 Å². The maximum atomic E-state index is 12.0. The van der Waals surface area contributed by atoms with E-state index in [1.807, 2.05) is 50.2 Å². The Balaban J connectivity index is 1.70. The number of carbonyl (C=O) groups is 1. The molecule has 27 heavy (non-hydrogen) atoms. The van der Waals surface area contributed by atoms with Crippen molar-refractivity contribution >= 4 is 17.7 Å². The van der Waals surface area contributed by atoms with Crippen molar-refractivity contribution < 1.29 is 9.53 Å². The van der Waals surface area contributed by atoms with E-state index in [4.69, 9.17) is 4.74 Å². The summed E-state index contributed by atoms with van der Waals surface area (Å²) < 4.78 is 5.64. The number of aliphatic imine (C=N–C) groups is 1. The Morgan fingerprint density at radius 2 is 1.96 bits per heavy atom. The van der Waals surface area contributed by atoms with Crippen LogP contribution in [0.4, 0.5) is 5.82 Å². The van der Waals surface area contributed by atoms with Gasteiger partial charge in [-0.05, 0) is 37.6 Å². The second-order valence-electron chi connectivity index (χ2n) is 5.87. The monoisotopic (exact) mass is 369 g/mol. The topological polar surface area (TPSA) is 87.6 Å². The number of aromatic nitrogens is 1. The highest BCUT2D eigenvalue weighted by molar-refractivity contribution is 5.90. The molecule has 0 aliphatic heterocycles. The molecule has 0 fully saturated rings. The number of para-hydroxylation sites is 1. The van der Waals surface area contributed by atoms with Gasteiger partial charge in [0.1, 0.15) is 18.2 Å². The minimum absolute atomic E-state index is 0.113. The first-order valence-corrected chi connectivity index (χ1v) is 9.10. The zero-order valence-electron chi connectivity index (χ0n) is 15.9. The molecule has 144 valence electrons. The maximum Gasteiger partial charge on any atom is 0.227 e. The van der Waals surface area contributed by atoms with Crippen molar-refractivity contribution in [2.45, 2.75) is 20.3 Å². The molecule has 7 heteroatoms. The number of carbonyl (C=O) groups excluding carboxylic acids is 1. The Morgan fingerprint density at radius 3 is 2.67 bits per heavy atom. The highest BCUT2D eigenvalue weighted by atomic mass is 16.5. The van der Waals surface area contributed by atoms with Crippen molar-refractivity contribution in [3.8, 4) is 5.75 Å². The predicted octanol–water partition coefficient (Wildman–Crippen LogP) is 2.35. The van der Waals surface area contributed by atoms with Gasteiger partial charge in [-0.1, -0.05) is 24.3 Å². The van der Waals surface area contributed by atoms with Gasteiger partial charge in [0.05, 0.1) is 13.1 Å². The number of aryl methyl sites for hydroxylation is 1. The number of anilines is 1. The standard InChI is InChI=1S/C20H27N5O2/c1-3-21-20(23-13-14-27-17-7-5-4-6-8-17)22-12-11-19(26)25-18-10-9-16(2)15-24-18/h4-10,15H,3,11-14H2,1-2H3,(H2,21,22,23)(H,24,25,26). The van der Waals surface area contributed by atoms with Crippen LogP contribution in [0.15, 0.2) is 53.7 Å². The first-order valence-electron chi connectivity index (χ1n) is 9.10. The van der Waals surface area contributed by atoms with Crippen LogP contribution in [0.5, 0.6) is 5.75 Å². The molecule has 0 atom stereocenters. The lowest BCUT2D eigenvalue weighted by molar-refractivity contribution is -0.116. The van der Waals surface area contributed by atoms with Crippen LogP contribution in [0.3, 0.4) is 0 Å². The highest BCUT2D eigenvalue weighted by Gasteiger charge is 2.03. The number of amides is 1. The fourth-order valence-electron chi connectivity index (χ4n) is 2.21. The van der Waals surface area contributed by atoms with Gasteiger partial charge in [0.25, 0.3) is 0 Å². The zero-order chi connectivity index (χ0) is 19.3. The first-order chi connectivity index (χ1) is 13.2. The fraction of sp³-hybridized carbons (Fsp3) is 0.350. The number of benzene rings is 1. The zero-order valence-corrected chi connectivity index (χ0v) is 15.9. The Bertz CT molecular complexity index is 717. The third kappa shape index (κ3) is 8.22. The molecule has 2 rings (SSSR count). The third-order valence-electron chi connectivity index (χ3n) is 3.54. The molecular formula is C20H27N5O2. The van der Waals surface area contributed by atoms with Crippen molar-refractivity contribution in [2.75, 3.05) is 31.6 Å². The maximum absolute atomic E-state index is 12.0. The number of rotatable bonds is 9. The summed E-state index contributed by atoms with van der Waals surface area (Å²) in [5.41, 5.74) is 1.05. The Labute approximate surface area is 160 Å². The summed E-state index contributed by atoms with van der Waals surface area (Å²) in [5, 5.41) is 9.11. The largest absolute Gasteiger partial charge is 0.492 e. The van der Waals surface area contributed by atoms with E-state index in [-0.39, 0.29) is 12.3 Å². The van der Waals surface area contributed by atoms with Gasteiger partial charge < -0.3 is 20.7 Å². The summed E-state index contributed by atoms with van der Waals surface area (Å²) in [6.45, 7) is 6.20. The van der Waals surface area contributed by atoms with Crippen LogP contribution >= 0.6 is 0 Å². The molecule has 0 spiro atoms. The fourth-order valence-corrected chi connectivity index (χ4v) is 2.21. The van der Waals surface area contributed by atoms with Crippen LogP contribution in [-0.2, 0) is 4.79 Å². The third-order valence-corrected chi connectivity index (χ3v) is 3.54. The van der Waals surface area contributed by atoms with Crippen LogP contribution in [0.2, 0.25) is 0 Å². The molecule has 1 amide bonds. The normalized spacial score (nSPS) is 11.0. The summed E-state index contributed by atoms with van der Waals surface area (Å²) in [6.07, 6.45) is 2.01. The molecule has 0 bridgehead atoms. The lowest BCUT2D eigenvalue weighted by Gasteiger charge is -2.12. The molecule has 0 saturated carbocycles. The first kappa shape index (κ1) is 20.2. The second-order valence-corrected chi connectivity index (χ2v) is 5.87. The van der Waals surface area contributed by atoms with Gasteiger partial charge in [-0.2, -0.15) is 0 Å². The van der Waals surface area contributed by atoms with Gasteiger partial charge in [-0.25, -0.2) is 4.98 Å². The average Bonchev–Trinajstić information content (AvgIpc) is 2.68. The molecule has 3 N–H and O–H groups in total. The second kappa shape index (κ2) is 11.5. The summed E-state index contributed by atoms with van der Waals surface area (Å²) in [5.74, 6) is 1.94. The van der Waals surface area contributed by atoms with E-state index in [2.05, 4.69) is 25.9 Å². The van der Waals surface area contributed by atoms with E-state index >= 15 is 0 Å². The lowest BCUT2D eigenvalue weighted by atomic mass is 10.3. The average molecular weight is 369 g/mol. The van der Waals surface area contributed by atoms with Crippen molar-refractivity contribution in [3.05, 3.63) is 54.2 Å². The summed E-state index contributed by atoms with van der Waals surface area (Å²) >= 11 is 0. The number of ether oxygens (including phenoxy) is 1. The van der Waals surface area contributed by atoms with Gasteiger partial charge in [0.15, 0.2) is 5.96 Å². The van der Waals surface area contributed by atoms with E-state index in [9.17, 15) is 4.79 Å². The molecule has 1 heterocycles. The SMILES string of the molecule is CCNC(=NCCC(=O)Nc1ccc(C)cn1)NCCOc1ccccc1. The van der Waals surface area contributed by atoms with Gasteiger partial charge in [0.2, 0.25) is 5.91 Å². The molecule has 7 nitrogen and oxygen atoms in total. The van der Waals surface area contributed by atoms with Crippen molar-refractivity contribution in [1.29, 1.82) is 0 Å². The molecule has 2 aromatic rings. The number of hydrogen-bond donors (Lipinski definition) is 3. The van der Waals surface area contributed by atoms with Crippen LogP contribution in [0.1, 0.15) is 18.9 Å². The van der Waals surface area contributed by atoms with E-state index in [1.165, 1.54) is 0 Å². The number of pyridine rings is 1. The van der Waals surface area contributed by atoms with E-state index in [1.54, 1.807) is 12.3 Å². The molecule has 0 radical (unpaired) electrons. The Hall–Kier alpha value is -3.09. The minimum Gasteiger partial charge on any atom is -0.492 e. The highest BCUT2D eigenvalue weighted by Crippen LogP contribution is 2.07. The quantitative estimate of drug-likeness (QED) is 0.359. The lowest BCUT2D eigenvalue weighted by Crippen LogP contribution is -2.39. The van der Waals surface area contributed by atoms with Crippen LogP contribution < -0.4 is 20.7 Å². The molecular weight excluding hydrogens is 342 g/mol. The number of hydrogen-bond acceptors (Lipinski definition) is 4. The van der Waals surface area contributed by atoms with Crippen molar-refractivity contribution in [3.63, 3.8) is 0 Å². The number of guanidine groups is 1. The van der Waals surface area contributed by atoms with Gasteiger partial charge in [0, 0.05) is 19.2 Å². The number of nitrogens with zero attached hydrogens (tertiary/aromatic N) is 2. The minimum atomic E-state index is -0.113. The van der Waals surface area contributed by atoms with Crippen LogP contribution in [-0.4, -0.2) is 43.1 Å². The van der Waals surface area contributed by atoms with Crippen molar-refractivity contribution in [2.24, 2.45) is 4.99 Å². The summed E-state index contributed by atoms with van der Waals surface area (Å²) in [6, 6.07) is 13.4. The summed E-state index contributed by atoms with van der Waals surface area (Å²) in [4.78, 5) is 20.5. The molecule has 0 saturated heterocycles. The summed E-state index contributed by atoms with van der Waals surface area (Å²) in [7, 11) is 0. The van der Waals surface area contributed by atoms with Crippen LogP contribution in [0, 0.1) is 6.92 Å². The molecule has 0 aliphatic carbocycles. The van der Waals surface area contributed by atoms with E-state index < -0.39 is 0 Å².